The topological polar surface area (TPSA) is 93.2 Å². The van der Waals surface area contributed by atoms with E-state index in [0.29, 0.717) is 36.0 Å². The number of aromatic nitrogens is 2. The van der Waals surface area contributed by atoms with Crippen LogP contribution < -0.4 is 11.1 Å². The number of primary amides is 1. The van der Waals surface area contributed by atoms with Gasteiger partial charge in [-0.3, -0.25) is 9.48 Å². The third kappa shape index (κ3) is 4.70. The third-order valence-electron chi connectivity index (χ3n) is 7.85. The maximum atomic E-state index is 13.7. The van der Waals surface area contributed by atoms with Gasteiger partial charge < -0.3 is 16.0 Å². The molecule has 2 heterocycles. The molecule has 3 atom stereocenters. The first-order chi connectivity index (χ1) is 16.8. The number of alkyl halides is 1. The molecule has 194 valence electrons. The van der Waals surface area contributed by atoms with Crippen LogP contribution >= 0.6 is 23.2 Å². The predicted molar refractivity (Wildman–Crippen MR) is 137 cm³/mol. The zero-order chi connectivity index (χ0) is 26.0. The molecule has 7 nitrogen and oxygen atoms in total. The lowest BCUT2D eigenvalue weighted by atomic mass is 9.58. The lowest BCUT2D eigenvalue weighted by Crippen LogP contribution is -2.60. The molecule has 5 rings (SSSR count). The van der Waals surface area contributed by atoms with Crippen LogP contribution in [0.2, 0.25) is 5.02 Å². The van der Waals surface area contributed by atoms with Crippen LogP contribution in [0.1, 0.15) is 68.9 Å². The second-order valence-corrected chi connectivity index (χ2v) is 13.2. The summed E-state index contributed by atoms with van der Waals surface area (Å²) < 4.78 is 15.4. The number of urea groups is 1. The minimum absolute atomic E-state index is 0.0687. The molecule has 2 aliphatic carbocycles. The summed E-state index contributed by atoms with van der Waals surface area (Å²) in [6.07, 6.45) is 4.65. The van der Waals surface area contributed by atoms with Crippen molar-refractivity contribution < 1.29 is 14.0 Å². The minimum atomic E-state index is -0.660. The van der Waals surface area contributed by atoms with E-state index >= 15 is 0 Å². The van der Waals surface area contributed by atoms with Crippen molar-refractivity contribution in [3.8, 4) is 11.3 Å². The van der Waals surface area contributed by atoms with Gasteiger partial charge in [0.05, 0.1) is 29.4 Å². The van der Waals surface area contributed by atoms with Gasteiger partial charge in [0.25, 0.3) is 5.91 Å². The highest BCUT2D eigenvalue weighted by molar-refractivity contribution is 6.31. The Kier molecular flexibility index (Phi) is 6.07. The number of hydrogen-bond donors (Lipinski definition) is 2. The van der Waals surface area contributed by atoms with Crippen molar-refractivity contribution in [3.63, 3.8) is 0 Å². The van der Waals surface area contributed by atoms with Crippen LogP contribution in [0.3, 0.4) is 0 Å². The minimum Gasteiger partial charge on any atom is -0.365 e. The number of hydrogen-bond acceptors (Lipinski definition) is 3. The maximum Gasteiger partial charge on any atom is 0.318 e. The Morgan fingerprint density at radius 3 is 2.58 bits per heavy atom. The van der Waals surface area contributed by atoms with Gasteiger partial charge in [-0.15, -0.1) is 11.6 Å². The summed E-state index contributed by atoms with van der Waals surface area (Å²) in [5.41, 5.74) is 7.14. The van der Waals surface area contributed by atoms with E-state index < -0.39 is 17.3 Å². The van der Waals surface area contributed by atoms with E-state index in [1.165, 1.54) is 18.2 Å². The number of amides is 3. The van der Waals surface area contributed by atoms with E-state index in [9.17, 15) is 14.0 Å². The van der Waals surface area contributed by atoms with Gasteiger partial charge in [0.2, 0.25) is 0 Å². The number of rotatable bonds is 3. The van der Waals surface area contributed by atoms with Gasteiger partial charge in [0.15, 0.2) is 0 Å². The van der Waals surface area contributed by atoms with Crippen molar-refractivity contribution in [1.82, 2.24) is 20.0 Å². The van der Waals surface area contributed by atoms with E-state index in [4.69, 9.17) is 28.9 Å². The summed E-state index contributed by atoms with van der Waals surface area (Å²) >= 11 is 13.0. The summed E-state index contributed by atoms with van der Waals surface area (Å²) in [6, 6.07) is 3.97. The predicted octanol–water partition coefficient (Wildman–Crippen LogP) is 5.32. The second-order valence-electron chi connectivity index (χ2n) is 11.9. The Balaban J connectivity index is 1.37. The number of halogens is 3. The molecule has 0 saturated heterocycles. The molecular formula is C26H32Cl2FN5O2. The van der Waals surface area contributed by atoms with Gasteiger partial charge in [-0.25, -0.2) is 9.18 Å². The molecule has 2 saturated carbocycles. The number of carbonyl (C=O) groups is 2. The van der Waals surface area contributed by atoms with Crippen molar-refractivity contribution >= 4 is 35.1 Å². The van der Waals surface area contributed by atoms with Crippen LogP contribution in [0.4, 0.5) is 9.18 Å². The molecule has 2 bridgehead atoms. The number of nitrogens with two attached hydrogens (primary N) is 1. The van der Waals surface area contributed by atoms with Crippen molar-refractivity contribution in [2.75, 3.05) is 6.54 Å². The highest BCUT2D eigenvalue weighted by Crippen LogP contribution is 2.56. The van der Waals surface area contributed by atoms with Crippen LogP contribution in [-0.2, 0) is 13.1 Å². The fraction of sp³-hybridized carbons (Fsp3) is 0.577. The van der Waals surface area contributed by atoms with E-state index in [-0.39, 0.29) is 33.5 Å². The number of nitrogens with zero attached hydrogens (tertiary/aromatic N) is 3. The molecule has 0 spiro atoms. The number of fused-ring (bicyclic) bond motifs is 3. The van der Waals surface area contributed by atoms with Crippen LogP contribution in [-0.4, -0.2) is 43.6 Å². The summed E-state index contributed by atoms with van der Waals surface area (Å²) in [5, 5.41) is 7.76. The van der Waals surface area contributed by atoms with Crippen LogP contribution in [0, 0.1) is 17.2 Å². The van der Waals surface area contributed by atoms with Crippen molar-refractivity contribution in [2.24, 2.45) is 17.1 Å². The molecule has 3 unspecified atom stereocenters. The van der Waals surface area contributed by atoms with E-state index in [0.717, 1.165) is 32.1 Å². The average molecular weight is 536 g/mol. The lowest BCUT2D eigenvalue weighted by molar-refractivity contribution is 0.0487. The van der Waals surface area contributed by atoms with Crippen LogP contribution in [0.15, 0.2) is 18.2 Å². The zero-order valence-corrected chi connectivity index (χ0v) is 22.3. The Hall–Kier alpha value is -2.32. The largest absolute Gasteiger partial charge is 0.365 e. The monoisotopic (exact) mass is 535 g/mol. The Bertz CT molecular complexity index is 1250. The van der Waals surface area contributed by atoms with E-state index in [1.54, 1.807) is 9.58 Å². The second kappa shape index (κ2) is 8.62. The molecule has 2 aromatic rings. The summed E-state index contributed by atoms with van der Waals surface area (Å²) in [4.78, 5) is 27.3. The van der Waals surface area contributed by atoms with Gasteiger partial charge in [-0.2, -0.15) is 5.10 Å². The molecule has 36 heavy (non-hydrogen) atoms. The average Bonchev–Trinajstić information content (AvgIpc) is 3.11. The molecule has 3 amide bonds. The molecule has 2 fully saturated rings. The fourth-order valence-electron chi connectivity index (χ4n) is 7.09. The summed E-state index contributed by atoms with van der Waals surface area (Å²) in [7, 11) is 0. The number of carbonyl (C=O) groups excluding carboxylic acids is 2. The van der Waals surface area contributed by atoms with E-state index in [2.05, 4.69) is 31.2 Å². The van der Waals surface area contributed by atoms with Gasteiger partial charge in [0, 0.05) is 22.5 Å². The first-order valence-electron chi connectivity index (χ1n) is 12.4. The normalized spacial score (nSPS) is 28.9. The van der Waals surface area contributed by atoms with Crippen molar-refractivity contribution in [1.29, 1.82) is 0 Å². The summed E-state index contributed by atoms with van der Waals surface area (Å²) in [5.74, 6) is -0.747. The molecular weight excluding hydrogens is 504 g/mol. The van der Waals surface area contributed by atoms with Crippen molar-refractivity contribution in [3.05, 3.63) is 40.3 Å². The SMILES string of the molecule is CC1(C)CC2CC(Cl)(C1)CC(C)(NC(=O)N1CCn3nc(-c4ccc(F)c(Cl)c4)c(C(N)=O)c3C1)C2. The van der Waals surface area contributed by atoms with Gasteiger partial charge >= 0.3 is 6.03 Å². The molecule has 10 heteroatoms. The maximum absolute atomic E-state index is 13.7. The number of benzene rings is 1. The van der Waals surface area contributed by atoms with Crippen molar-refractivity contribution in [2.45, 2.75) is 76.4 Å². The first kappa shape index (κ1) is 25.3. The Labute approximate surface area is 220 Å². The Morgan fingerprint density at radius 1 is 1.17 bits per heavy atom. The number of nitrogens with one attached hydrogen (secondary N) is 1. The first-order valence-corrected chi connectivity index (χ1v) is 13.1. The molecule has 0 radical (unpaired) electrons. The standard InChI is InChI=1S/C26H32Cl2FN5O2/c1-24(2)9-15-10-25(3,14-26(28,11-15)13-24)31-23(36)33-6-7-34-19(12-33)20(22(30)35)21(32-34)16-4-5-18(29)17(27)8-16/h4-5,8,15H,6-7,9-14H2,1-3H3,(H2,30,35)(H,31,36). The highest BCUT2D eigenvalue weighted by atomic mass is 35.5. The van der Waals surface area contributed by atoms with Crippen LogP contribution in [0.25, 0.3) is 11.3 Å². The van der Waals surface area contributed by atoms with Gasteiger partial charge in [-0.05, 0) is 68.6 Å². The Morgan fingerprint density at radius 2 is 1.92 bits per heavy atom. The van der Waals surface area contributed by atoms with Gasteiger partial charge in [-0.1, -0.05) is 25.4 Å². The molecule has 3 N–H and O–H groups in total. The summed E-state index contributed by atoms with van der Waals surface area (Å²) in [6.45, 7) is 7.67. The molecule has 1 aliphatic heterocycles. The smallest absolute Gasteiger partial charge is 0.318 e. The molecule has 1 aromatic carbocycles. The molecule has 1 aromatic heterocycles. The zero-order valence-electron chi connectivity index (χ0n) is 20.8. The molecule has 3 aliphatic rings. The lowest BCUT2D eigenvalue weighted by Gasteiger charge is -2.54. The van der Waals surface area contributed by atoms with Crippen LogP contribution in [0.5, 0.6) is 0 Å². The van der Waals surface area contributed by atoms with E-state index in [1.807, 2.05) is 0 Å². The fourth-order valence-corrected chi connectivity index (χ4v) is 8.14. The third-order valence-corrected chi connectivity index (χ3v) is 8.56. The quantitative estimate of drug-likeness (QED) is 0.520. The van der Waals surface area contributed by atoms with Gasteiger partial charge in [0.1, 0.15) is 11.5 Å². The highest BCUT2D eigenvalue weighted by Gasteiger charge is 2.52.